The van der Waals surface area contributed by atoms with Gasteiger partial charge in [0.2, 0.25) is 5.96 Å². The van der Waals surface area contributed by atoms with Gasteiger partial charge in [0.25, 0.3) is 0 Å². The maximum absolute atomic E-state index is 5.88. The van der Waals surface area contributed by atoms with Crippen LogP contribution >= 0.6 is 12.8 Å². The van der Waals surface area contributed by atoms with E-state index in [4.69, 9.17) is 5.73 Å². The molecule has 0 heterocycles. The molecule has 17 heavy (non-hydrogen) atoms. The summed E-state index contributed by atoms with van der Waals surface area (Å²) in [5.74, 6) is 0.339. The van der Waals surface area contributed by atoms with Crippen LogP contribution in [0.15, 0.2) is 65.7 Å². The number of nitrogens with zero attached hydrogens (tertiary/aromatic N) is 2. The number of rotatable bonds is 2. The van der Waals surface area contributed by atoms with Crippen LogP contribution in [0, 0.1) is 0 Å². The highest BCUT2D eigenvalue weighted by Crippen LogP contribution is 2.17. The lowest BCUT2D eigenvalue weighted by molar-refractivity contribution is 1.39. The summed E-state index contributed by atoms with van der Waals surface area (Å²) >= 11 is 4.32. The Kier molecular flexibility index (Phi) is 3.67. The molecule has 2 aromatic carbocycles. The smallest absolute Gasteiger partial charge is 0.211 e. The third kappa shape index (κ3) is 3.01. The zero-order valence-electron chi connectivity index (χ0n) is 9.19. The van der Waals surface area contributed by atoms with Gasteiger partial charge < -0.3 is 5.73 Å². The second-order valence-electron chi connectivity index (χ2n) is 3.45. The van der Waals surface area contributed by atoms with Gasteiger partial charge in [-0.15, -0.1) is 0 Å². The molecule has 4 heteroatoms. The first-order chi connectivity index (χ1) is 8.27. The molecule has 0 radical (unpaired) electrons. The van der Waals surface area contributed by atoms with Crippen molar-refractivity contribution >= 4 is 30.1 Å². The third-order valence-corrected chi connectivity index (χ3v) is 2.65. The van der Waals surface area contributed by atoms with Crippen molar-refractivity contribution in [3.63, 3.8) is 0 Å². The van der Waals surface area contributed by atoms with Crippen LogP contribution in [0.25, 0.3) is 0 Å². The Bertz CT molecular complexity index is 497. The van der Waals surface area contributed by atoms with E-state index in [0.717, 1.165) is 11.4 Å². The van der Waals surface area contributed by atoms with Crippen LogP contribution in [0.1, 0.15) is 0 Å². The number of nitrogens with two attached hydrogens (primary N) is 1. The van der Waals surface area contributed by atoms with Crippen molar-refractivity contribution < 1.29 is 0 Å². The van der Waals surface area contributed by atoms with Gasteiger partial charge in [0, 0.05) is 0 Å². The minimum absolute atomic E-state index is 0.339. The summed E-state index contributed by atoms with van der Waals surface area (Å²) in [6.07, 6.45) is 0. The van der Waals surface area contributed by atoms with E-state index >= 15 is 0 Å². The summed E-state index contributed by atoms with van der Waals surface area (Å²) in [7, 11) is 0. The molecule has 0 amide bonds. The highest BCUT2D eigenvalue weighted by atomic mass is 32.1. The van der Waals surface area contributed by atoms with E-state index in [2.05, 4.69) is 17.8 Å². The summed E-state index contributed by atoms with van der Waals surface area (Å²) < 4.78 is 1.55. The maximum atomic E-state index is 5.88. The maximum Gasteiger partial charge on any atom is 0.211 e. The van der Waals surface area contributed by atoms with Gasteiger partial charge in [-0.1, -0.05) is 49.2 Å². The Balaban J connectivity index is 2.21. The lowest BCUT2D eigenvalue weighted by atomic mass is 10.3. The molecule has 0 spiro atoms. The van der Waals surface area contributed by atoms with Gasteiger partial charge in [-0.2, -0.15) is 0 Å². The normalized spacial score (nSPS) is 11.2. The lowest BCUT2D eigenvalue weighted by Crippen LogP contribution is -2.29. The average Bonchev–Trinajstić information content (AvgIpc) is 2.40. The summed E-state index contributed by atoms with van der Waals surface area (Å²) in [6, 6.07) is 19.2. The number of para-hydroxylation sites is 2. The fourth-order valence-electron chi connectivity index (χ4n) is 1.38. The minimum Gasteiger partial charge on any atom is -0.368 e. The highest BCUT2D eigenvalue weighted by molar-refractivity contribution is 7.82. The fraction of sp³-hybridized carbons (Fsp3) is 0. The van der Waals surface area contributed by atoms with Crippen LogP contribution in [-0.2, 0) is 0 Å². The minimum atomic E-state index is 0.339. The van der Waals surface area contributed by atoms with Crippen molar-refractivity contribution in [2.45, 2.75) is 0 Å². The van der Waals surface area contributed by atoms with Gasteiger partial charge in [0.15, 0.2) is 0 Å². The topological polar surface area (TPSA) is 41.6 Å². The molecule has 0 atom stereocenters. The van der Waals surface area contributed by atoms with Crippen LogP contribution in [0.4, 0.5) is 11.4 Å². The Labute approximate surface area is 106 Å². The van der Waals surface area contributed by atoms with Crippen molar-refractivity contribution in [2.24, 2.45) is 10.7 Å². The second kappa shape index (κ2) is 5.41. The van der Waals surface area contributed by atoms with Crippen LogP contribution in [0.3, 0.4) is 0 Å². The first kappa shape index (κ1) is 11.5. The van der Waals surface area contributed by atoms with Gasteiger partial charge in [-0.05, 0) is 24.3 Å². The Morgan fingerprint density at radius 1 is 0.941 bits per heavy atom. The molecule has 2 N–H and O–H groups in total. The van der Waals surface area contributed by atoms with Crippen LogP contribution in [0.5, 0.6) is 0 Å². The molecule has 0 aromatic heterocycles. The number of thiol groups is 1. The second-order valence-corrected chi connectivity index (χ2v) is 3.85. The monoisotopic (exact) mass is 243 g/mol. The van der Waals surface area contributed by atoms with Crippen molar-refractivity contribution in [1.82, 2.24) is 0 Å². The van der Waals surface area contributed by atoms with Gasteiger partial charge in [-0.25, -0.2) is 4.99 Å². The predicted octanol–water partition coefficient (Wildman–Crippen LogP) is 2.98. The molecule has 0 unspecified atom stereocenters. The van der Waals surface area contributed by atoms with E-state index in [-0.39, 0.29) is 0 Å². The molecule has 86 valence electrons. The molecule has 2 rings (SSSR count). The summed E-state index contributed by atoms with van der Waals surface area (Å²) in [5.41, 5.74) is 7.57. The molecule has 2 aromatic rings. The van der Waals surface area contributed by atoms with E-state index in [1.807, 2.05) is 60.7 Å². The van der Waals surface area contributed by atoms with Crippen molar-refractivity contribution in [2.75, 3.05) is 4.31 Å². The van der Waals surface area contributed by atoms with Crippen LogP contribution in [-0.4, -0.2) is 5.96 Å². The van der Waals surface area contributed by atoms with Gasteiger partial charge in [0.05, 0.1) is 11.4 Å². The lowest BCUT2D eigenvalue weighted by Gasteiger charge is -2.15. The van der Waals surface area contributed by atoms with Gasteiger partial charge in [-0.3, -0.25) is 4.31 Å². The highest BCUT2D eigenvalue weighted by Gasteiger charge is 2.05. The summed E-state index contributed by atoms with van der Waals surface area (Å²) in [6.45, 7) is 0. The Morgan fingerprint density at radius 2 is 1.47 bits per heavy atom. The van der Waals surface area contributed by atoms with E-state index in [0.29, 0.717) is 5.96 Å². The van der Waals surface area contributed by atoms with E-state index in [9.17, 15) is 0 Å². The zero-order chi connectivity index (χ0) is 12.1. The van der Waals surface area contributed by atoms with Crippen LogP contribution < -0.4 is 10.0 Å². The first-order valence-electron chi connectivity index (χ1n) is 5.20. The molecule has 3 nitrogen and oxygen atoms in total. The Hall–Kier alpha value is -1.94. The molecule has 0 saturated carbocycles. The van der Waals surface area contributed by atoms with Crippen molar-refractivity contribution in [3.8, 4) is 0 Å². The average molecular weight is 243 g/mol. The van der Waals surface area contributed by atoms with E-state index in [1.54, 1.807) is 4.31 Å². The molecule has 0 bridgehead atoms. The quantitative estimate of drug-likeness (QED) is 0.483. The van der Waals surface area contributed by atoms with Gasteiger partial charge in [0.1, 0.15) is 0 Å². The van der Waals surface area contributed by atoms with E-state index in [1.165, 1.54) is 0 Å². The SMILES string of the molecule is NC(=Nc1ccccc1)N(S)c1ccccc1. The van der Waals surface area contributed by atoms with Crippen LogP contribution in [0.2, 0.25) is 0 Å². The van der Waals surface area contributed by atoms with Crippen molar-refractivity contribution in [1.29, 1.82) is 0 Å². The summed E-state index contributed by atoms with van der Waals surface area (Å²) in [5, 5.41) is 0. The van der Waals surface area contributed by atoms with Gasteiger partial charge >= 0.3 is 0 Å². The number of hydrogen-bond donors (Lipinski definition) is 2. The number of anilines is 1. The number of benzene rings is 2. The molecule has 0 aliphatic carbocycles. The molecule has 0 fully saturated rings. The molecule has 0 saturated heterocycles. The van der Waals surface area contributed by atoms with Crippen molar-refractivity contribution in [3.05, 3.63) is 60.7 Å². The molecular formula is C13H13N3S. The largest absolute Gasteiger partial charge is 0.368 e. The zero-order valence-corrected chi connectivity index (χ0v) is 10.1. The number of guanidine groups is 1. The molecule has 0 aliphatic rings. The molecule has 0 aliphatic heterocycles. The molecular weight excluding hydrogens is 230 g/mol. The Morgan fingerprint density at radius 3 is 2.06 bits per heavy atom. The number of hydrogen-bond acceptors (Lipinski definition) is 2. The standard InChI is InChI=1S/C13H13N3S/c14-13(15-11-7-3-1-4-8-11)16(17)12-9-5-2-6-10-12/h1-10,17H,(H2,14,15). The first-order valence-corrected chi connectivity index (χ1v) is 5.60. The third-order valence-electron chi connectivity index (χ3n) is 2.22. The number of aliphatic imine (C=N–C) groups is 1. The fourth-order valence-corrected chi connectivity index (χ4v) is 1.56. The van der Waals surface area contributed by atoms with E-state index < -0.39 is 0 Å². The predicted molar refractivity (Wildman–Crippen MR) is 75.6 cm³/mol. The summed E-state index contributed by atoms with van der Waals surface area (Å²) in [4.78, 5) is 4.28.